The molecule has 0 aromatic carbocycles. The van der Waals surface area contributed by atoms with Gasteiger partial charge in [-0.3, -0.25) is 0 Å². The van der Waals surface area contributed by atoms with Crippen LogP contribution in [-0.2, 0) is 14.3 Å². The summed E-state index contributed by atoms with van der Waals surface area (Å²) < 4.78 is 10.7. The molecule has 0 aromatic heterocycles. The Hall–Kier alpha value is -0.830. The molecule has 1 aliphatic rings. The third-order valence-electron chi connectivity index (χ3n) is 3.36. The summed E-state index contributed by atoms with van der Waals surface area (Å²) in [6.07, 6.45) is 6.82. The van der Waals surface area contributed by atoms with Gasteiger partial charge in [0.1, 0.15) is 6.61 Å². The standard InChI is InChI=1S/C14H24O3/c1-11(2)14(15)17-10-9-16-12(3)13-7-5-4-6-8-13/h12-13H,1,4-10H2,2-3H3. The number of carbonyl (C=O) groups is 1. The van der Waals surface area contributed by atoms with E-state index in [0.29, 0.717) is 24.7 Å². The fourth-order valence-corrected chi connectivity index (χ4v) is 2.23. The van der Waals surface area contributed by atoms with E-state index in [1.807, 2.05) is 0 Å². The van der Waals surface area contributed by atoms with Gasteiger partial charge < -0.3 is 9.47 Å². The zero-order chi connectivity index (χ0) is 12.7. The number of ether oxygens (including phenoxy) is 2. The van der Waals surface area contributed by atoms with Crippen molar-refractivity contribution in [2.24, 2.45) is 5.92 Å². The van der Waals surface area contributed by atoms with Crippen LogP contribution in [0.25, 0.3) is 0 Å². The monoisotopic (exact) mass is 240 g/mol. The molecule has 0 N–H and O–H groups in total. The Morgan fingerprint density at radius 2 is 1.94 bits per heavy atom. The lowest BCUT2D eigenvalue weighted by molar-refractivity contribution is -0.141. The van der Waals surface area contributed by atoms with Gasteiger partial charge in [0.05, 0.1) is 12.7 Å². The fourth-order valence-electron chi connectivity index (χ4n) is 2.23. The van der Waals surface area contributed by atoms with Crippen molar-refractivity contribution in [3.05, 3.63) is 12.2 Å². The van der Waals surface area contributed by atoms with Crippen molar-refractivity contribution in [1.82, 2.24) is 0 Å². The quantitative estimate of drug-likeness (QED) is 0.406. The molecule has 1 saturated carbocycles. The molecular weight excluding hydrogens is 216 g/mol. The number of hydrogen-bond acceptors (Lipinski definition) is 3. The van der Waals surface area contributed by atoms with Crippen LogP contribution < -0.4 is 0 Å². The molecule has 17 heavy (non-hydrogen) atoms. The van der Waals surface area contributed by atoms with Crippen molar-refractivity contribution in [1.29, 1.82) is 0 Å². The SMILES string of the molecule is C=C(C)C(=O)OCCOC(C)C1CCCCC1. The Morgan fingerprint density at radius 3 is 2.53 bits per heavy atom. The smallest absolute Gasteiger partial charge is 0.333 e. The molecule has 3 heteroatoms. The highest BCUT2D eigenvalue weighted by Gasteiger charge is 2.20. The van der Waals surface area contributed by atoms with E-state index >= 15 is 0 Å². The van der Waals surface area contributed by atoms with E-state index in [-0.39, 0.29) is 12.1 Å². The van der Waals surface area contributed by atoms with Gasteiger partial charge in [-0.15, -0.1) is 0 Å². The highest BCUT2D eigenvalue weighted by molar-refractivity contribution is 5.86. The van der Waals surface area contributed by atoms with Crippen LogP contribution in [0.5, 0.6) is 0 Å². The second kappa shape index (κ2) is 7.49. The van der Waals surface area contributed by atoms with Gasteiger partial charge in [-0.2, -0.15) is 0 Å². The molecule has 0 bridgehead atoms. The van der Waals surface area contributed by atoms with Gasteiger partial charge in [-0.05, 0) is 32.6 Å². The lowest BCUT2D eigenvalue weighted by Crippen LogP contribution is -2.25. The van der Waals surface area contributed by atoms with E-state index in [1.54, 1.807) is 6.92 Å². The maximum absolute atomic E-state index is 11.1. The van der Waals surface area contributed by atoms with Crippen molar-refractivity contribution in [3.8, 4) is 0 Å². The van der Waals surface area contributed by atoms with Crippen molar-refractivity contribution in [3.63, 3.8) is 0 Å². The third-order valence-corrected chi connectivity index (χ3v) is 3.36. The average molecular weight is 240 g/mol. The first-order valence-electron chi connectivity index (χ1n) is 6.55. The van der Waals surface area contributed by atoms with Crippen LogP contribution in [-0.4, -0.2) is 25.3 Å². The summed E-state index contributed by atoms with van der Waals surface area (Å²) in [5.41, 5.74) is 0.435. The predicted octanol–water partition coefficient (Wildman–Crippen LogP) is 3.09. The van der Waals surface area contributed by atoms with Crippen LogP contribution in [0.15, 0.2) is 12.2 Å². The molecule has 1 atom stereocenters. The summed E-state index contributed by atoms with van der Waals surface area (Å²) in [6, 6.07) is 0. The Balaban J connectivity index is 2.09. The van der Waals surface area contributed by atoms with Gasteiger partial charge in [-0.25, -0.2) is 4.79 Å². The minimum Gasteiger partial charge on any atom is -0.460 e. The first kappa shape index (κ1) is 14.2. The van der Waals surface area contributed by atoms with E-state index in [2.05, 4.69) is 13.5 Å². The van der Waals surface area contributed by atoms with Crippen molar-refractivity contribution in [2.75, 3.05) is 13.2 Å². The zero-order valence-electron chi connectivity index (χ0n) is 11.0. The number of rotatable bonds is 6. The zero-order valence-corrected chi connectivity index (χ0v) is 11.0. The van der Waals surface area contributed by atoms with E-state index in [1.165, 1.54) is 32.1 Å². The largest absolute Gasteiger partial charge is 0.460 e. The average Bonchev–Trinajstić information content (AvgIpc) is 2.35. The van der Waals surface area contributed by atoms with Crippen molar-refractivity contribution >= 4 is 5.97 Å². The maximum Gasteiger partial charge on any atom is 0.333 e. The molecule has 0 spiro atoms. The highest BCUT2D eigenvalue weighted by atomic mass is 16.6. The Bertz CT molecular complexity index is 254. The normalized spacial score (nSPS) is 18.7. The minimum absolute atomic E-state index is 0.277. The van der Waals surface area contributed by atoms with Gasteiger partial charge in [-0.1, -0.05) is 25.8 Å². The molecule has 98 valence electrons. The van der Waals surface area contributed by atoms with Crippen LogP contribution in [0, 0.1) is 5.92 Å². The summed E-state index contributed by atoms with van der Waals surface area (Å²) in [5.74, 6) is 0.347. The molecule has 0 aliphatic heterocycles. The molecule has 0 saturated heterocycles. The van der Waals surface area contributed by atoms with Gasteiger partial charge in [0.25, 0.3) is 0 Å². The van der Waals surface area contributed by atoms with E-state index in [0.717, 1.165) is 0 Å². The van der Waals surface area contributed by atoms with E-state index in [4.69, 9.17) is 9.47 Å². The maximum atomic E-state index is 11.1. The summed E-state index contributed by atoms with van der Waals surface area (Å²) in [6.45, 7) is 8.10. The molecule has 0 amide bonds. The summed E-state index contributed by atoms with van der Waals surface area (Å²) in [5, 5.41) is 0. The number of hydrogen-bond donors (Lipinski definition) is 0. The van der Waals surface area contributed by atoms with E-state index in [9.17, 15) is 4.79 Å². The first-order chi connectivity index (χ1) is 8.11. The van der Waals surface area contributed by atoms with Crippen LogP contribution in [0.1, 0.15) is 46.0 Å². The summed E-state index contributed by atoms with van der Waals surface area (Å²) >= 11 is 0. The second-order valence-electron chi connectivity index (χ2n) is 4.89. The summed E-state index contributed by atoms with van der Waals surface area (Å²) in [7, 11) is 0. The topological polar surface area (TPSA) is 35.5 Å². The summed E-state index contributed by atoms with van der Waals surface area (Å²) in [4.78, 5) is 11.1. The van der Waals surface area contributed by atoms with Crippen LogP contribution in [0.2, 0.25) is 0 Å². The van der Waals surface area contributed by atoms with Crippen LogP contribution >= 0.6 is 0 Å². The minimum atomic E-state index is -0.334. The third kappa shape index (κ3) is 5.35. The molecule has 1 fully saturated rings. The molecule has 0 aromatic rings. The molecule has 1 rings (SSSR count). The van der Waals surface area contributed by atoms with Crippen molar-refractivity contribution < 1.29 is 14.3 Å². The second-order valence-corrected chi connectivity index (χ2v) is 4.89. The van der Waals surface area contributed by atoms with E-state index < -0.39 is 0 Å². The first-order valence-corrected chi connectivity index (χ1v) is 6.55. The molecule has 1 aliphatic carbocycles. The molecule has 1 unspecified atom stereocenters. The highest BCUT2D eigenvalue weighted by Crippen LogP contribution is 2.27. The molecule has 3 nitrogen and oxygen atoms in total. The molecule has 0 heterocycles. The van der Waals surface area contributed by atoms with Gasteiger partial charge >= 0.3 is 5.97 Å². The Morgan fingerprint density at radius 1 is 1.29 bits per heavy atom. The van der Waals surface area contributed by atoms with Gasteiger partial charge in [0.15, 0.2) is 0 Å². The lowest BCUT2D eigenvalue weighted by Gasteiger charge is -2.27. The number of esters is 1. The van der Waals surface area contributed by atoms with Gasteiger partial charge in [0, 0.05) is 5.57 Å². The van der Waals surface area contributed by atoms with Crippen LogP contribution in [0.4, 0.5) is 0 Å². The Labute approximate surface area is 104 Å². The fraction of sp³-hybridized carbons (Fsp3) is 0.786. The Kier molecular flexibility index (Phi) is 6.27. The predicted molar refractivity (Wildman–Crippen MR) is 67.8 cm³/mol. The molecular formula is C14H24O3. The number of carbonyl (C=O) groups excluding carboxylic acids is 1. The van der Waals surface area contributed by atoms with Crippen LogP contribution in [0.3, 0.4) is 0 Å². The van der Waals surface area contributed by atoms with Gasteiger partial charge in [0.2, 0.25) is 0 Å². The van der Waals surface area contributed by atoms with Crippen molar-refractivity contribution in [2.45, 2.75) is 52.1 Å². The lowest BCUT2D eigenvalue weighted by atomic mass is 9.86. The molecule has 0 radical (unpaired) electrons.